The topological polar surface area (TPSA) is 67.4 Å². The van der Waals surface area contributed by atoms with Crippen LogP contribution in [0.5, 0.6) is 5.75 Å². The summed E-state index contributed by atoms with van der Waals surface area (Å²) in [4.78, 5) is 26.4. The van der Waals surface area contributed by atoms with E-state index in [1.165, 1.54) is 0 Å². The highest BCUT2D eigenvalue weighted by atomic mass is 16.5. The number of carbonyl (C=O) groups excluding carboxylic acids is 2. The molecule has 0 unspecified atom stereocenters. The minimum absolute atomic E-state index is 0.113. The average molecular weight is 376 g/mol. The highest BCUT2D eigenvalue weighted by molar-refractivity contribution is 6.08. The van der Waals surface area contributed by atoms with Crippen molar-refractivity contribution in [1.29, 1.82) is 0 Å². The molecular formula is C23H24N2O3. The molecule has 28 heavy (non-hydrogen) atoms. The predicted octanol–water partition coefficient (Wildman–Crippen LogP) is 3.74. The van der Waals surface area contributed by atoms with Crippen molar-refractivity contribution in [3.63, 3.8) is 0 Å². The first-order valence-corrected chi connectivity index (χ1v) is 10.0. The maximum atomic E-state index is 13.3. The van der Waals surface area contributed by atoms with Crippen LogP contribution < -0.4 is 15.4 Å². The van der Waals surface area contributed by atoms with Gasteiger partial charge in [-0.3, -0.25) is 9.59 Å². The molecule has 144 valence electrons. The minimum atomic E-state index is -0.762. The lowest BCUT2D eigenvalue weighted by Gasteiger charge is -2.55. The van der Waals surface area contributed by atoms with Gasteiger partial charge in [-0.15, -0.1) is 0 Å². The fourth-order valence-corrected chi connectivity index (χ4v) is 5.30. The summed E-state index contributed by atoms with van der Waals surface area (Å²) in [6.07, 6.45) is 3.86. The smallest absolute Gasteiger partial charge is 0.237 e. The predicted molar refractivity (Wildman–Crippen MR) is 106 cm³/mol. The second-order valence-corrected chi connectivity index (χ2v) is 8.23. The number of amides is 2. The van der Waals surface area contributed by atoms with Gasteiger partial charge in [0, 0.05) is 23.9 Å². The fourth-order valence-electron chi connectivity index (χ4n) is 5.30. The zero-order valence-corrected chi connectivity index (χ0v) is 15.9. The van der Waals surface area contributed by atoms with Crippen LogP contribution in [-0.2, 0) is 9.59 Å². The quantitative estimate of drug-likeness (QED) is 0.785. The van der Waals surface area contributed by atoms with E-state index < -0.39 is 11.6 Å². The molecule has 2 heterocycles. The van der Waals surface area contributed by atoms with Crippen LogP contribution >= 0.6 is 0 Å². The number of fused-ring (bicyclic) bond motifs is 2. The van der Waals surface area contributed by atoms with Crippen LogP contribution in [0.2, 0.25) is 0 Å². The Kier molecular flexibility index (Phi) is 3.93. The molecule has 1 aliphatic carbocycles. The highest BCUT2D eigenvalue weighted by Crippen LogP contribution is 2.55. The highest BCUT2D eigenvalue weighted by Gasteiger charge is 2.60. The van der Waals surface area contributed by atoms with Crippen LogP contribution in [0.4, 0.5) is 5.69 Å². The summed E-state index contributed by atoms with van der Waals surface area (Å²) in [5.74, 6) is -0.501. The van der Waals surface area contributed by atoms with Gasteiger partial charge in [0.05, 0.1) is 0 Å². The monoisotopic (exact) mass is 376 g/mol. The third kappa shape index (κ3) is 2.60. The standard InChI is InChI=1S/C23H24N2O3/c1-14-7-6-8-15(13-14)24-21(26)20-19-16-9-2-3-11-18(16)28-23(25-22(20)27)12-5-4-10-17(19)23/h2-3,6-9,11,13,17,19-20H,4-5,10,12H2,1H3,(H,24,26)(H,25,27)/t17-,19-,20+,23-/m0/s1. The van der Waals surface area contributed by atoms with Gasteiger partial charge in [0.25, 0.3) is 0 Å². The Bertz CT molecular complexity index is 956. The van der Waals surface area contributed by atoms with Crippen molar-refractivity contribution >= 4 is 17.5 Å². The molecule has 2 amide bonds. The van der Waals surface area contributed by atoms with Crippen molar-refractivity contribution in [1.82, 2.24) is 5.32 Å². The van der Waals surface area contributed by atoms with Crippen LogP contribution in [0.25, 0.3) is 0 Å². The molecule has 4 atom stereocenters. The first-order valence-electron chi connectivity index (χ1n) is 10.0. The number of benzene rings is 2. The van der Waals surface area contributed by atoms with Crippen molar-refractivity contribution in [2.24, 2.45) is 11.8 Å². The Morgan fingerprint density at radius 3 is 2.89 bits per heavy atom. The number of piperidine rings is 1. The van der Waals surface area contributed by atoms with Crippen molar-refractivity contribution in [3.8, 4) is 5.75 Å². The normalized spacial score (nSPS) is 30.3. The van der Waals surface area contributed by atoms with E-state index >= 15 is 0 Å². The largest absolute Gasteiger partial charge is 0.467 e. The number of ether oxygens (including phenoxy) is 1. The summed E-state index contributed by atoms with van der Waals surface area (Å²) in [5.41, 5.74) is 2.09. The van der Waals surface area contributed by atoms with E-state index in [-0.39, 0.29) is 23.7 Å². The summed E-state index contributed by atoms with van der Waals surface area (Å²) >= 11 is 0. The lowest BCUT2D eigenvalue weighted by molar-refractivity contribution is -0.160. The van der Waals surface area contributed by atoms with Gasteiger partial charge in [-0.2, -0.15) is 0 Å². The van der Waals surface area contributed by atoms with Gasteiger partial charge in [-0.25, -0.2) is 0 Å². The fraction of sp³-hybridized carbons (Fsp3) is 0.391. The van der Waals surface area contributed by atoms with Crippen LogP contribution in [-0.4, -0.2) is 17.5 Å². The Hall–Kier alpha value is -2.82. The summed E-state index contributed by atoms with van der Waals surface area (Å²) in [6.45, 7) is 1.98. The van der Waals surface area contributed by atoms with Gasteiger partial charge in [0.15, 0.2) is 5.72 Å². The van der Waals surface area contributed by atoms with E-state index in [2.05, 4.69) is 10.6 Å². The number of carbonyl (C=O) groups is 2. The molecule has 2 fully saturated rings. The van der Waals surface area contributed by atoms with Crippen LogP contribution in [0.1, 0.15) is 42.7 Å². The summed E-state index contributed by atoms with van der Waals surface area (Å²) < 4.78 is 6.36. The van der Waals surface area contributed by atoms with Gasteiger partial charge >= 0.3 is 0 Å². The van der Waals surface area contributed by atoms with E-state index in [1.54, 1.807) is 0 Å². The molecule has 5 rings (SSSR count). The maximum absolute atomic E-state index is 13.3. The second-order valence-electron chi connectivity index (χ2n) is 8.23. The number of anilines is 1. The van der Waals surface area contributed by atoms with E-state index in [0.717, 1.165) is 48.2 Å². The zero-order valence-electron chi connectivity index (χ0n) is 15.9. The van der Waals surface area contributed by atoms with Gasteiger partial charge in [0.1, 0.15) is 11.7 Å². The lowest BCUT2D eigenvalue weighted by Crippen LogP contribution is -2.69. The molecule has 0 aromatic heterocycles. The van der Waals surface area contributed by atoms with Crippen molar-refractivity contribution in [3.05, 3.63) is 59.7 Å². The Labute approximate surface area is 164 Å². The van der Waals surface area contributed by atoms with Crippen LogP contribution in [0, 0.1) is 18.8 Å². The van der Waals surface area contributed by atoms with E-state index in [1.807, 2.05) is 55.5 Å². The van der Waals surface area contributed by atoms with Crippen LogP contribution in [0.3, 0.4) is 0 Å². The first kappa shape index (κ1) is 17.3. The molecule has 1 saturated heterocycles. The number of rotatable bonds is 2. The van der Waals surface area contributed by atoms with Crippen molar-refractivity contribution in [2.45, 2.75) is 44.2 Å². The third-order valence-electron chi connectivity index (χ3n) is 6.46. The number of hydrogen-bond donors (Lipinski definition) is 2. The molecule has 1 saturated carbocycles. The molecule has 2 aliphatic heterocycles. The van der Waals surface area contributed by atoms with Gasteiger partial charge in [-0.1, -0.05) is 36.8 Å². The summed E-state index contributed by atoms with van der Waals surface area (Å²) in [7, 11) is 0. The molecule has 2 aromatic carbocycles. The SMILES string of the molecule is Cc1cccc(NC(=O)[C@@H]2C(=O)N[C@]34CCCC[C@H]3[C@@H]2c2ccccc2O4)c1. The third-order valence-corrected chi connectivity index (χ3v) is 6.46. The van der Waals surface area contributed by atoms with Crippen molar-refractivity contribution < 1.29 is 14.3 Å². The van der Waals surface area contributed by atoms with Gasteiger partial charge in [0.2, 0.25) is 11.8 Å². The molecule has 5 nitrogen and oxygen atoms in total. The molecule has 0 radical (unpaired) electrons. The number of aryl methyl sites for hydroxylation is 1. The summed E-state index contributed by atoms with van der Waals surface area (Å²) in [5, 5.41) is 6.08. The Morgan fingerprint density at radius 2 is 2.04 bits per heavy atom. The zero-order chi connectivity index (χ0) is 19.3. The van der Waals surface area contributed by atoms with E-state index in [0.29, 0.717) is 0 Å². The number of nitrogens with one attached hydrogen (secondary N) is 2. The molecule has 5 heteroatoms. The summed E-state index contributed by atoms with van der Waals surface area (Å²) in [6, 6.07) is 15.5. The maximum Gasteiger partial charge on any atom is 0.237 e. The minimum Gasteiger partial charge on any atom is -0.467 e. The molecule has 2 N–H and O–H groups in total. The molecule has 2 aromatic rings. The molecule has 2 bridgehead atoms. The van der Waals surface area contributed by atoms with Crippen LogP contribution in [0.15, 0.2) is 48.5 Å². The van der Waals surface area contributed by atoms with Gasteiger partial charge in [-0.05, 0) is 49.1 Å². The van der Waals surface area contributed by atoms with E-state index in [9.17, 15) is 9.59 Å². The molecule has 0 spiro atoms. The molecular weight excluding hydrogens is 352 g/mol. The van der Waals surface area contributed by atoms with Gasteiger partial charge < -0.3 is 15.4 Å². The van der Waals surface area contributed by atoms with Crippen molar-refractivity contribution in [2.75, 3.05) is 5.32 Å². The first-order chi connectivity index (χ1) is 13.6. The number of hydrogen-bond acceptors (Lipinski definition) is 3. The molecule has 3 aliphatic rings. The number of para-hydroxylation sites is 1. The Balaban J connectivity index is 1.55. The lowest BCUT2D eigenvalue weighted by atomic mass is 9.62. The average Bonchev–Trinajstić information content (AvgIpc) is 2.67. The second kappa shape index (κ2) is 6.36. The van der Waals surface area contributed by atoms with E-state index in [4.69, 9.17) is 4.74 Å². The Morgan fingerprint density at radius 1 is 1.18 bits per heavy atom.